The number of phenols is 1. The van der Waals surface area contributed by atoms with Crippen LogP contribution in [0.2, 0.25) is 0 Å². The molecule has 2 rings (SSSR count). The molecule has 0 unspecified atom stereocenters. The van der Waals surface area contributed by atoms with Crippen LogP contribution >= 0.6 is 15.9 Å². The summed E-state index contributed by atoms with van der Waals surface area (Å²) in [6, 6.07) is 5.45. The van der Waals surface area contributed by atoms with Crippen LogP contribution in [-0.4, -0.2) is 10.2 Å². The molecule has 1 aromatic carbocycles. The lowest BCUT2D eigenvalue weighted by Crippen LogP contribution is -2.28. The lowest BCUT2D eigenvalue weighted by Gasteiger charge is -2.33. The Morgan fingerprint density at radius 1 is 1.13 bits per heavy atom. The number of benzene rings is 1. The highest BCUT2D eigenvalue weighted by molar-refractivity contribution is 9.10. The van der Waals surface area contributed by atoms with Crippen molar-refractivity contribution >= 4 is 15.9 Å². The molecule has 1 aromatic rings. The summed E-state index contributed by atoms with van der Waals surface area (Å²) in [7, 11) is 0. The highest BCUT2D eigenvalue weighted by Gasteiger charge is 2.33. The second-order valence-electron chi connectivity index (χ2n) is 4.23. The molecule has 0 spiro atoms. The topological polar surface area (TPSA) is 40.5 Å². The molecule has 0 bridgehead atoms. The molecule has 3 heteroatoms. The van der Waals surface area contributed by atoms with E-state index in [1.807, 2.05) is 12.1 Å². The van der Waals surface area contributed by atoms with Crippen molar-refractivity contribution in [3.05, 3.63) is 28.2 Å². The smallest absolute Gasteiger partial charge is 0.135 e. The predicted molar refractivity (Wildman–Crippen MR) is 62.8 cm³/mol. The number of hydrogen-bond acceptors (Lipinski definition) is 2. The van der Waals surface area contributed by atoms with Gasteiger partial charge in [-0.1, -0.05) is 31.4 Å². The van der Waals surface area contributed by atoms with Gasteiger partial charge in [0.2, 0.25) is 0 Å². The number of phenolic OH excluding ortho intramolecular Hbond substituents is 1. The molecule has 15 heavy (non-hydrogen) atoms. The summed E-state index contributed by atoms with van der Waals surface area (Å²) in [5, 5.41) is 20.4. The van der Waals surface area contributed by atoms with Crippen LogP contribution in [0.4, 0.5) is 0 Å². The average molecular weight is 271 g/mol. The van der Waals surface area contributed by atoms with E-state index in [1.165, 1.54) is 6.42 Å². The van der Waals surface area contributed by atoms with Gasteiger partial charge in [0.25, 0.3) is 0 Å². The molecular formula is C12H15BrO2. The molecule has 0 amide bonds. The van der Waals surface area contributed by atoms with Gasteiger partial charge in [-0.2, -0.15) is 0 Å². The molecule has 82 valence electrons. The molecule has 2 nitrogen and oxygen atoms in total. The van der Waals surface area contributed by atoms with E-state index in [2.05, 4.69) is 15.9 Å². The van der Waals surface area contributed by atoms with Crippen molar-refractivity contribution in [2.24, 2.45) is 0 Å². The van der Waals surface area contributed by atoms with Crippen LogP contribution in [-0.2, 0) is 5.60 Å². The van der Waals surface area contributed by atoms with Crippen molar-refractivity contribution in [1.29, 1.82) is 0 Å². The molecule has 0 aliphatic heterocycles. The van der Waals surface area contributed by atoms with Crippen molar-refractivity contribution in [3.8, 4) is 5.75 Å². The standard InChI is InChI=1S/C12H15BrO2/c13-10-6-4-5-9(11(10)14)12(15)7-2-1-3-8-12/h4-6,14-15H,1-3,7-8H2. The normalized spacial score (nSPS) is 20.1. The van der Waals surface area contributed by atoms with Gasteiger partial charge in [0.15, 0.2) is 0 Å². The molecule has 1 aliphatic rings. The lowest BCUT2D eigenvalue weighted by atomic mass is 9.79. The van der Waals surface area contributed by atoms with E-state index in [0.29, 0.717) is 10.0 Å². The van der Waals surface area contributed by atoms with E-state index in [1.54, 1.807) is 6.07 Å². The Labute approximate surface area is 98.1 Å². The van der Waals surface area contributed by atoms with Gasteiger partial charge in [0, 0.05) is 5.56 Å². The summed E-state index contributed by atoms with van der Waals surface area (Å²) in [5.41, 5.74) is -0.164. The average Bonchev–Trinajstić information content (AvgIpc) is 2.23. The van der Waals surface area contributed by atoms with Crippen molar-refractivity contribution < 1.29 is 10.2 Å². The number of aromatic hydroxyl groups is 1. The number of halogens is 1. The van der Waals surface area contributed by atoms with Crippen LogP contribution in [0, 0.1) is 0 Å². The minimum Gasteiger partial charge on any atom is -0.506 e. The van der Waals surface area contributed by atoms with Gasteiger partial charge >= 0.3 is 0 Å². The van der Waals surface area contributed by atoms with Gasteiger partial charge in [-0.05, 0) is 34.8 Å². The first kappa shape index (κ1) is 11.0. The molecule has 0 heterocycles. The van der Waals surface area contributed by atoms with Crippen LogP contribution in [0.5, 0.6) is 5.75 Å². The van der Waals surface area contributed by atoms with Gasteiger partial charge in [0.05, 0.1) is 10.1 Å². The molecule has 0 aromatic heterocycles. The molecule has 0 radical (unpaired) electrons. The largest absolute Gasteiger partial charge is 0.506 e. The minimum atomic E-state index is -0.827. The summed E-state index contributed by atoms with van der Waals surface area (Å²) in [4.78, 5) is 0. The summed E-state index contributed by atoms with van der Waals surface area (Å²) in [5.74, 6) is 0.182. The van der Waals surface area contributed by atoms with E-state index >= 15 is 0 Å². The number of para-hydroxylation sites is 1. The highest BCUT2D eigenvalue weighted by atomic mass is 79.9. The van der Waals surface area contributed by atoms with Gasteiger partial charge in [-0.3, -0.25) is 0 Å². The fourth-order valence-corrected chi connectivity index (χ4v) is 2.66. The Morgan fingerprint density at radius 2 is 1.80 bits per heavy atom. The van der Waals surface area contributed by atoms with Gasteiger partial charge in [0.1, 0.15) is 5.75 Å². The molecule has 0 atom stereocenters. The number of aliphatic hydroxyl groups is 1. The third-order valence-electron chi connectivity index (χ3n) is 3.17. The van der Waals surface area contributed by atoms with E-state index in [4.69, 9.17) is 0 Å². The first-order valence-corrected chi connectivity index (χ1v) is 6.13. The third kappa shape index (κ3) is 2.04. The Morgan fingerprint density at radius 3 is 2.47 bits per heavy atom. The van der Waals surface area contributed by atoms with Gasteiger partial charge in [-0.25, -0.2) is 0 Å². The highest BCUT2D eigenvalue weighted by Crippen LogP contribution is 2.42. The lowest BCUT2D eigenvalue weighted by molar-refractivity contribution is -0.00260. The summed E-state index contributed by atoms with van der Waals surface area (Å²) in [6.45, 7) is 0. The molecular weight excluding hydrogens is 256 g/mol. The zero-order valence-electron chi connectivity index (χ0n) is 8.54. The summed E-state index contributed by atoms with van der Waals surface area (Å²) >= 11 is 3.28. The summed E-state index contributed by atoms with van der Waals surface area (Å²) in [6.07, 6.45) is 4.73. The zero-order chi connectivity index (χ0) is 10.9. The quantitative estimate of drug-likeness (QED) is 0.822. The molecule has 1 saturated carbocycles. The zero-order valence-corrected chi connectivity index (χ0v) is 10.1. The van der Waals surface area contributed by atoms with Crippen molar-refractivity contribution in [2.45, 2.75) is 37.7 Å². The van der Waals surface area contributed by atoms with E-state index in [0.717, 1.165) is 25.7 Å². The first-order valence-electron chi connectivity index (χ1n) is 5.34. The minimum absolute atomic E-state index is 0.182. The van der Waals surface area contributed by atoms with Crippen molar-refractivity contribution in [2.75, 3.05) is 0 Å². The number of hydrogen-bond donors (Lipinski definition) is 2. The van der Waals surface area contributed by atoms with Gasteiger partial charge < -0.3 is 10.2 Å². The fourth-order valence-electron chi connectivity index (χ4n) is 2.30. The Hall–Kier alpha value is -0.540. The van der Waals surface area contributed by atoms with Crippen molar-refractivity contribution in [3.63, 3.8) is 0 Å². The Bertz CT molecular complexity index is 357. The van der Waals surface area contributed by atoms with E-state index in [-0.39, 0.29) is 5.75 Å². The van der Waals surface area contributed by atoms with Crippen molar-refractivity contribution in [1.82, 2.24) is 0 Å². The van der Waals surface area contributed by atoms with E-state index < -0.39 is 5.60 Å². The maximum Gasteiger partial charge on any atom is 0.135 e. The second kappa shape index (κ2) is 4.14. The molecule has 2 N–H and O–H groups in total. The van der Waals surface area contributed by atoms with Crippen LogP contribution in [0.3, 0.4) is 0 Å². The predicted octanol–water partition coefficient (Wildman–Crippen LogP) is 3.31. The van der Waals surface area contributed by atoms with Crippen LogP contribution in [0.15, 0.2) is 22.7 Å². The molecule has 1 aliphatic carbocycles. The summed E-state index contributed by atoms with van der Waals surface area (Å²) < 4.78 is 0.652. The maximum atomic E-state index is 10.5. The van der Waals surface area contributed by atoms with Gasteiger partial charge in [-0.15, -0.1) is 0 Å². The van der Waals surface area contributed by atoms with Crippen LogP contribution in [0.25, 0.3) is 0 Å². The van der Waals surface area contributed by atoms with Crippen LogP contribution in [0.1, 0.15) is 37.7 Å². The van der Waals surface area contributed by atoms with Crippen LogP contribution < -0.4 is 0 Å². The SMILES string of the molecule is Oc1c(Br)cccc1C1(O)CCCCC1. The maximum absolute atomic E-state index is 10.5. The second-order valence-corrected chi connectivity index (χ2v) is 5.08. The monoisotopic (exact) mass is 270 g/mol. The number of rotatable bonds is 1. The Kier molecular flexibility index (Phi) is 3.03. The third-order valence-corrected chi connectivity index (χ3v) is 3.81. The fraction of sp³-hybridized carbons (Fsp3) is 0.500. The molecule has 0 saturated heterocycles. The molecule has 1 fully saturated rings. The first-order chi connectivity index (χ1) is 7.13. The van der Waals surface area contributed by atoms with E-state index in [9.17, 15) is 10.2 Å². The Balaban J connectivity index is 2.39.